The lowest BCUT2D eigenvalue weighted by Gasteiger charge is -2.05. The van der Waals surface area contributed by atoms with Gasteiger partial charge in [0.25, 0.3) is 5.56 Å². The van der Waals surface area contributed by atoms with E-state index in [2.05, 4.69) is 15.0 Å². The second-order valence-electron chi connectivity index (χ2n) is 3.75. The first-order valence-electron chi connectivity index (χ1n) is 5.30. The third-order valence-corrected chi connectivity index (χ3v) is 4.20. The maximum Gasteiger partial charge on any atom is 0.253 e. The highest BCUT2D eigenvalue weighted by Gasteiger charge is 2.10. The van der Waals surface area contributed by atoms with Crippen molar-refractivity contribution >= 4 is 44.8 Å². The number of aromatic nitrogens is 3. The van der Waals surface area contributed by atoms with Crippen molar-refractivity contribution in [3.63, 3.8) is 0 Å². The quantitative estimate of drug-likeness (QED) is 0.489. The minimum absolute atomic E-state index is 0.180. The maximum absolute atomic E-state index is 11.3. The smallest absolute Gasteiger partial charge is 0.253 e. The monoisotopic (exact) mass is 291 g/mol. The average molecular weight is 291 g/mol. The molecular weight excluding hydrogens is 282 g/mol. The number of nitrogen functional groups attached to an aromatic ring is 2. The van der Waals surface area contributed by atoms with E-state index in [0.717, 1.165) is 15.1 Å². The third-order valence-electron chi connectivity index (χ3n) is 2.45. The Morgan fingerprint density at radius 2 is 2.16 bits per heavy atom. The van der Waals surface area contributed by atoms with Crippen molar-refractivity contribution in [2.45, 2.75) is 10.1 Å². The summed E-state index contributed by atoms with van der Waals surface area (Å²) in [5, 5.41) is 0.409. The van der Waals surface area contributed by atoms with Crippen LogP contribution in [0.1, 0.15) is 0 Å². The van der Waals surface area contributed by atoms with Gasteiger partial charge in [-0.1, -0.05) is 0 Å². The first kappa shape index (κ1) is 12.0. The molecule has 5 N–H and O–H groups in total. The summed E-state index contributed by atoms with van der Waals surface area (Å²) in [5.74, 6) is 0.180. The molecule has 8 heteroatoms. The van der Waals surface area contributed by atoms with Crippen LogP contribution in [0.5, 0.6) is 0 Å². The van der Waals surface area contributed by atoms with Crippen molar-refractivity contribution in [2.24, 2.45) is 0 Å². The topological polar surface area (TPSA) is 111 Å². The molecule has 2 heterocycles. The highest BCUT2D eigenvalue weighted by Crippen LogP contribution is 2.35. The molecule has 0 aliphatic rings. The number of nitrogens with one attached hydrogen (secondary N) is 1. The molecule has 96 valence electrons. The van der Waals surface area contributed by atoms with E-state index >= 15 is 0 Å². The first-order chi connectivity index (χ1) is 9.13. The van der Waals surface area contributed by atoms with Crippen LogP contribution in [0.2, 0.25) is 0 Å². The van der Waals surface area contributed by atoms with Crippen LogP contribution >= 0.6 is 23.1 Å². The molecule has 0 aliphatic carbocycles. The largest absolute Gasteiger partial charge is 0.396 e. The molecule has 3 rings (SSSR count). The standard InChI is InChI=1S/C11H9N5OS2/c12-7-3-8(17)16-11(15-7)19-5-1-2-6-10(9(5)13)14-4-18-6/h1-4H,13H2,(H3,12,15,16,17). The fourth-order valence-corrected chi connectivity index (χ4v) is 3.17. The minimum atomic E-state index is -0.289. The van der Waals surface area contributed by atoms with Crippen molar-refractivity contribution in [1.82, 2.24) is 15.0 Å². The van der Waals surface area contributed by atoms with Gasteiger partial charge < -0.3 is 16.5 Å². The molecule has 0 spiro atoms. The molecule has 19 heavy (non-hydrogen) atoms. The third kappa shape index (κ3) is 2.27. The van der Waals surface area contributed by atoms with Gasteiger partial charge in [0, 0.05) is 11.0 Å². The molecule has 0 saturated heterocycles. The number of nitrogens with two attached hydrogens (primary N) is 2. The molecule has 0 amide bonds. The summed E-state index contributed by atoms with van der Waals surface area (Å²) in [6.07, 6.45) is 0. The van der Waals surface area contributed by atoms with Gasteiger partial charge in [-0.25, -0.2) is 9.97 Å². The molecule has 0 fully saturated rings. The summed E-state index contributed by atoms with van der Waals surface area (Å²) >= 11 is 2.78. The van der Waals surface area contributed by atoms with Gasteiger partial charge in [0.2, 0.25) is 0 Å². The zero-order chi connectivity index (χ0) is 13.4. The van der Waals surface area contributed by atoms with Gasteiger partial charge in [0.05, 0.1) is 15.9 Å². The van der Waals surface area contributed by atoms with E-state index in [1.165, 1.54) is 29.2 Å². The number of thiazole rings is 1. The highest BCUT2D eigenvalue weighted by molar-refractivity contribution is 7.99. The summed E-state index contributed by atoms with van der Waals surface area (Å²) in [6.45, 7) is 0. The van der Waals surface area contributed by atoms with Gasteiger partial charge in [-0.3, -0.25) is 4.79 Å². The fourth-order valence-electron chi connectivity index (χ4n) is 1.63. The Morgan fingerprint density at radius 1 is 1.32 bits per heavy atom. The molecule has 6 nitrogen and oxygen atoms in total. The Labute approximate surface area is 115 Å². The number of nitrogens with zero attached hydrogens (tertiary/aromatic N) is 2. The van der Waals surface area contributed by atoms with Gasteiger partial charge in [0.15, 0.2) is 5.16 Å². The lowest BCUT2D eigenvalue weighted by molar-refractivity contribution is 0.945. The van der Waals surface area contributed by atoms with E-state index < -0.39 is 0 Å². The summed E-state index contributed by atoms with van der Waals surface area (Å²) < 4.78 is 1.02. The molecule has 0 aliphatic heterocycles. The van der Waals surface area contributed by atoms with Gasteiger partial charge in [-0.05, 0) is 23.9 Å². The summed E-state index contributed by atoms with van der Waals surface area (Å²) in [5.41, 5.74) is 14.4. The van der Waals surface area contributed by atoms with Crippen LogP contribution in [0.15, 0.2) is 38.6 Å². The summed E-state index contributed by atoms with van der Waals surface area (Å²) in [6, 6.07) is 5.05. The highest BCUT2D eigenvalue weighted by atomic mass is 32.2. The van der Waals surface area contributed by atoms with Crippen molar-refractivity contribution in [2.75, 3.05) is 11.5 Å². The zero-order valence-electron chi connectivity index (χ0n) is 9.58. The molecule has 1 aromatic carbocycles. The van der Waals surface area contributed by atoms with E-state index in [1.54, 1.807) is 5.51 Å². The number of rotatable bonds is 2. The number of hydrogen-bond acceptors (Lipinski definition) is 7. The number of hydrogen-bond donors (Lipinski definition) is 3. The van der Waals surface area contributed by atoms with Gasteiger partial charge in [0.1, 0.15) is 11.3 Å². The van der Waals surface area contributed by atoms with Crippen LogP contribution in [0.3, 0.4) is 0 Å². The average Bonchev–Trinajstić information content (AvgIpc) is 2.80. The van der Waals surface area contributed by atoms with Crippen LogP contribution in [-0.4, -0.2) is 15.0 Å². The van der Waals surface area contributed by atoms with E-state index in [-0.39, 0.29) is 11.4 Å². The number of anilines is 2. The molecule has 0 atom stereocenters. The van der Waals surface area contributed by atoms with Crippen LogP contribution in [-0.2, 0) is 0 Å². The molecule has 0 bridgehead atoms. The Kier molecular flexibility index (Phi) is 2.88. The lowest BCUT2D eigenvalue weighted by atomic mass is 10.3. The van der Waals surface area contributed by atoms with Crippen LogP contribution in [0, 0.1) is 0 Å². The van der Waals surface area contributed by atoms with E-state index in [0.29, 0.717) is 10.8 Å². The molecule has 3 aromatic rings. The second-order valence-corrected chi connectivity index (χ2v) is 5.67. The first-order valence-corrected chi connectivity index (χ1v) is 6.99. The van der Waals surface area contributed by atoms with Gasteiger partial charge in [-0.15, -0.1) is 11.3 Å². The van der Waals surface area contributed by atoms with Crippen LogP contribution < -0.4 is 17.0 Å². The van der Waals surface area contributed by atoms with Crippen molar-refractivity contribution in [3.05, 3.63) is 34.1 Å². The molecule has 0 saturated carbocycles. The number of H-pyrrole nitrogens is 1. The Balaban J connectivity index is 2.05. The molecule has 0 radical (unpaired) electrons. The van der Waals surface area contributed by atoms with Crippen molar-refractivity contribution < 1.29 is 0 Å². The van der Waals surface area contributed by atoms with E-state index in [1.807, 2.05) is 12.1 Å². The van der Waals surface area contributed by atoms with E-state index in [4.69, 9.17) is 11.5 Å². The SMILES string of the molecule is Nc1cc(=O)[nH]c(Sc2ccc3scnc3c2N)n1. The Hall–Kier alpha value is -2.06. The van der Waals surface area contributed by atoms with Gasteiger partial charge >= 0.3 is 0 Å². The minimum Gasteiger partial charge on any atom is -0.396 e. The van der Waals surface area contributed by atoms with Gasteiger partial charge in [-0.2, -0.15) is 0 Å². The van der Waals surface area contributed by atoms with Crippen molar-refractivity contribution in [1.29, 1.82) is 0 Å². The fraction of sp³-hybridized carbons (Fsp3) is 0. The normalized spacial score (nSPS) is 10.9. The predicted octanol–water partition coefficient (Wildman–Crippen LogP) is 1.70. The number of benzene rings is 1. The summed E-state index contributed by atoms with van der Waals surface area (Å²) in [7, 11) is 0. The molecule has 0 unspecified atom stereocenters. The lowest BCUT2D eigenvalue weighted by Crippen LogP contribution is -2.09. The van der Waals surface area contributed by atoms with E-state index in [9.17, 15) is 4.79 Å². The van der Waals surface area contributed by atoms with Crippen molar-refractivity contribution in [3.8, 4) is 0 Å². The van der Waals surface area contributed by atoms with Crippen LogP contribution in [0.4, 0.5) is 11.5 Å². The molecular formula is C11H9N5OS2. The number of aromatic amines is 1. The molecule has 2 aromatic heterocycles. The maximum atomic E-state index is 11.3. The second kappa shape index (κ2) is 4.56. The zero-order valence-corrected chi connectivity index (χ0v) is 11.2. The number of fused-ring (bicyclic) bond motifs is 1. The Bertz CT molecular complexity index is 810. The Morgan fingerprint density at radius 3 is 2.95 bits per heavy atom. The predicted molar refractivity (Wildman–Crippen MR) is 77.4 cm³/mol. The summed E-state index contributed by atoms with van der Waals surface area (Å²) in [4.78, 5) is 23.0. The van der Waals surface area contributed by atoms with Crippen LogP contribution in [0.25, 0.3) is 10.2 Å².